The third kappa shape index (κ3) is 1.36. The molecule has 2 nitrogen and oxygen atoms in total. The summed E-state index contributed by atoms with van der Waals surface area (Å²) in [6.07, 6.45) is 0. The molecular weight excluding hydrogens is 148 g/mol. The maximum atomic E-state index is 10.4. The lowest BCUT2D eigenvalue weighted by Crippen LogP contribution is -2.04. The number of carbonyl (C=O) groups is 1. The zero-order chi connectivity index (χ0) is 7.56. The molecule has 0 saturated heterocycles. The van der Waals surface area contributed by atoms with E-state index in [1.54, 1.807) is 6.92 Å². The van der Waals surface area contributed by atoms with E-state index in [-0.39, 0.29) is 5.92 Å². The number of carboxylic acids is 1. The first-order valence-electron chi connectivity index (χ1n) is 2.98. The molecule has 3 heteroatoms. The minimum absolute atomic E-state index is 0.361. The first-order chi connectivity index (χ1) is 4.72. The predicted molar refractivity (Wildman–Crippen MR) is 40.4 cm³/mol. The van der Waals surface area contributed by atoms with Gasteiger partial charge in [-0.15, -0.1) is 11.3 Å². The Hall–Kier alpha value is -0.830. The van der Waals surface area contributed by atoms with Crippen molar-refractivity contribution in [2.45, 2.75) is 12.8 Å². The molecule has 54 valence electrons. The molecule has 1 heterocycles. The molecule has 1 aromatic rings. The topological polar surface area (TPSA) is 37.3 Å². The molecule has 1 aromatic heterocycles. The Bertz CT molecular complexity index is 216. The van der Waals surface area contributed by atoms with Crippen LogP contribution in [-0.2, 0) is 4.79 Å². The van der Waals surface area contributed by atoms with Crippen molar-refractivity contribution in [1.29, 1.82) is 0 Å². The number of hydrogen-bond donors (Lipinski definition) is 1. The van der Waals surface area contributed by atoms with Crippen LogP contribution in [0.4, 0.5) is 0 Å². The van der Waals surface area contributed by atoms with Gasteiger partial charge in [-0.2, -0.15) is 0 Å². The van der Waals surface area contributed by atoms with E-state index in [2.05, 4.69) is 0 Å². The van der Waals surface area contributed by atoms with Gasteiger partial charge in [-0.3, -0.25) is 4.79 Å². The summed E-state index contributed by atoms with van der Waals surface area (Å²) in [6, 6.07) is 3.70. The molecule has 1 rings (SSSR count). The van der Waals surface area contributed by atoms with Crippen LogP contribution in [0, 0.1) is 0 Å². The quantitative estimate of drug-likeness (QED) is 0.710. The van der Waals surface area contributed by atoms with Crippen LogP contribution in [0.15, 0.2) is 17.5 Å². The van der Waals surface area contributed by atoms with Crippen LogP contribution in [0.1, 0.15) is 17.7 Å². The Morgan fingerprint density at radius 2 is 2.50 bits per heavy atom. The first kappa shape index (κ1) is 7.28. The van der Waals surface area contributed by atoms with E-state index in [1.165, 1.54) is 11.3 Å². The van der Waals surface area contributed by atoms with Gasteiger partial charge in [0.25, 0.3) is 0 Å². The van der Waals surface area contributed by atoms with Crippen LogP contribution >= 0.6 is 11.3 Å². The molecule has 10 heavy (non-hydrogen) atoms. The highest BCUT2D eigenvalue weighted by Gasteiger charge is 2.13. The van der Waals surface area contributed by atoms with Gasteiger partial charge in [0.15, 0.2) is 0 Å². The van der Waals surface area contributed by atoms with E-state index in [1.807, 2.05) is 17.5 Å². The van der Waals surface area contributed by atoms with E-state index in [4.69, 9.17) is 5.11 Å². The summed E-state index contributed by atoms with van der Waals surface area (Å²) in [5.74, 6) is -1.12. The molecule has 0 aliphatic rings. The van der Waals surface area contributed by atoms with E-state index in [0.29, 0.717) is 0 Å². The Labute approximate surface area is 63.1 Å². The molecule has 0 amide bonds. The van der Waals surface area contributed by atoms with Crippen LogP contribution in [0.25, 0.3) is 0 Å². The highest BCUT2D eigenvalue weighted by molar-refractivity contribution is 7.10. The van der Waals surface area contributed by atoms with E-state index in [0.717, 1.165) is 4.88 Å². The van der Waals surface area contributed by atoms with Gasteiger partial charge >= 0.3 is 5.97 Å². The molecule has 0 fully saturated rings. The fourth-order valence-corrected chi connectivity index (χ4v) is 1.44. The van der Waals surface area contributed by atoms with Gasteiger partial charge in [0.2, 0.25) is 0 Å². The third-order valence-corrected chi connectivity index (χ3v) is 2.40. The van der Waals surface area contributed by atoms with Gasteiger partial charge in [0.1, 0.15) is 0 Å². The summed E-state index contributed by atoms with van der Waals surface area (Å²) < 4.78 is 0. The fourth-order valence-electron chi connectivity index (χ4n) is 0.659. The summed E-state index contributed by atoms with van der Waals surface area (Å²) in [6.45, 7) is 1.69. The summed E-state index contributed by atoms with van der Waals surface area (Å²) >= 11 is 1.48. The molecule has 0 unspecified atom stereocenters. The minimum Gasteiger partial charge on any atom is -0.481 e. The van der Waals surface area contributed by atoms with Crippen molar-refractivity contribution in [2.75, 3.05) is 0 Å². The molecule has 1 atom stereocenters. The third-order valence-electron chi connectivity index (χ3n) is 1.34. The van der Waals surface area contributed by atoms with Crippen LogP contribution < -0.4 is 0 Å². The fraction of sp³-hybridized carbons (Fsp3) is 0.286. The van der Waals surface area contributed by atoms with Crippen molar-refractivity contribution in [1.82, 2.24) is 0 Å². The molecule has 0 spiro atoms. The molecule has 0 bridgehead atoms. The Morgan fingerprint density at radius 1 is 1.80 bits per heavy atom. The molecule has 0 saturated carbocycles. The van der Waals surface area contributed by atoms with Gasteiger partial charge in [-0.05, 0) is 18.4 Å². The largest absolute Gasteiger partial charge is 0.481 e. The highest BCUT2D eigenvalue weighted by atomic mass is 32.1. The summed E-state index contributed by atoms with van der Waals surface area (Å²) in [4.78, 5) is 11.3. The molecule has 1 N–H and O–H groups in total. The normalized spacial score (nSPS) is 12.9. The lowest BCUT2D eigenvalue weighted by atomic mass is 10.1. The van der Waals surface area contributed by atoms with E-state index >= 15 is 0 Å². The standard InChI is InChI=1S/C7H8O2S/c1-5(7(8)9)6-3-2-4-10-6/h2-5H,1H3,(H,8,9)/t5-/m1/s1. The number of aliphatic carboxylic acids is 1. The average molecular weight is 156 g/mol. The maximum absolute atomic E-state index is 10.4. The van der Waals surface area contributed by atoms with Gasteiger partial charge in [0, 0.05) is 4.88 Å². The molecule has 0 aromatic carbocycles. The second-order valence-electron chi connectivity index (χ2n) is 2.08. The van der Waals surface area contributed by atoms with Crippen LogP contribution in [-0.4, -0.2) is 11.1 Å². The second-order valence-corrected chi connectivity index (χ2v) is 3.05. The number of thiophene rings is 1. The molecule has 0 aliphatic carbocycles. The van der Waals surface area contributed by atoms with Gasteiger partial charge in [-0.25, -0.2) is 0 Å². The van der Waals surface area contributed by atoms with Gasteiger partial charge in [0.05, 0.1) is 5.92 Å². The number of carboxylic acid groups (broad SMARTS) is 1. The van der Waals surface area contributed by atoms with Gasteiger partial charge < -0.3 is 5.11 Å². The van der Waals surface area contributed by atoms with Crippen molar-refractivity contribution < 1.29 is 9.90 Å². The van der Waals surface area contributed by atoms with Crippen molar-refractivity contribution >= 4 is 17.3 Å². The van der Waals surface area contributed by atoms with Crippen LogP contribution in [0.3, 0.4) is 0 Å². The zero-order valence-corrected chi connectivity index (χ0v) is 6.39. The Morgan fingerprint density at radius 3 is 2.90 bits per heavy atom. The zero-order valence-electron chi connectivity index (χ0n) is 5.57. The van der Waals surface area contributed by atoms with Crippen molar-refractivity contribution in [3.05, 3.63) is 22.4 Å². The van der Waals surface area contributed by atoms with E-state index in [9.17, 15) is 4.79 Å². The molecule has 0 aliphatic heterocycles. The number of hydrogen-bond acceptors (Lipinski definition) is 2. The second kappa shape index (κ2) is 2.84. The average Bonchev–Trinajstić information content (AvgIpc) is 2.36. The van der Waals surface area contributed by atoms with Crippen molar-refractivity contribution in [3.63, 3.8) is 0 Å². The lowest BCUT2D eigenvalue weighted by Gasteiger charge is -1.99. The lowest BCUT2D eigenvalue weighted by molar-refractivity contribution is -0.138. The SMILES string of the molecule is C[C@@H](C(=O)O)c1cccs1. The van der Waals surface area contributed by atoms with Crippen molar-refractivity contribution in [3.8, 4) is 0 Å². The molecule has 0 radical (unpaired) electrons. The Kier molecular flexibility index (Phi) is 2.06. The smallest absolute Gasteiger partial charge is 0.311 e. The number of rotatable bonds is 2. The summed E-state index contributed by atoms with van der Waals surface area (Å²) in [7, 11) is 0. The van der Waals surface area contributed by atoms with Gasteiger partial charge in [-0.1, -0.05) is 6.07 Å². The monoisotopic (exact) mass is 156 g/mol. The minimum atomic E-state index is -0.762. The summed E-state index contributed by atoms with van der Waals surface area (Å²) in [5, 5.41) is 10.4. The predicted octanol–water partition coefficient (Wildman–Crippen LogP) is 1.94. The van der Waals surface area contributed by atoms with Crippen molar-refractivity contribution in [2.24, 2.45) is 0 Å². The maximum Gasteiger partial charge on any atom is 0.311 e. The van der Waals surface area contributed by atoms with E-state index < -0.39 is 5.97 Å². The highest BCUT2D eigenvalue weighted by Crippen LogP contribution is 2.20. The molecular formula is C7H8O2S. The first-order valence-corrected chi connectivity index (χ1v) is 3.86. The Balaban J connectivity index is 2.77. The van der Waals surface area contributed by atoms with Crippen LogP contribution in [0.2, 0.25) is 0 Å². The van der Waals surface area contributed by atoms with Crippen LogP contribution in [0.5, 0.6) is 0 Å². The summed E-state index contributed by atoms with van der Waals surface area (Å²) in [5.41, 5.74) is 0.